The Balaban J connectivity index is 1.91. The first-order chi connectivity index (χ1) is 9.50. The zero-order chi connectivity index (χ0) is 14.6. The van der Waals surface area contributed by atoms with Crippen LogP contribution in [0.25, 0.3) is 0 Å². The van der Waals surface area contributed by atoms with Crippen LogP contribution in [0.15, 0.2) is 24.3 Å². The maximum absolute atomic E-state index is 12.0. The number of carbonyl (C=O) groups excluding carboxylic acids is 1. The van der Waals surface area contributed by atoms with E-state index in [4.69, 9.17) is 0 Å². The van der Waals surface area contributed by atoms with Crippen LogP contribution in [0.3, 0.4) is 0 Å². The van der Waals surface area contributed by atoms with Crippen LogP contribution in [0.4, 0.5) is 5.69 Å². The molecule has 1 aromatic rings. The van der Waals surface area contributed by atoms with Gasteiger partial charge in [-0.2, -0.15) is 0 Å². The van der Waals surface area contributed by atoms with Crippen molar-refractivity contribution in [3.8, 4) is 0 Å². The normalized spacial score (nSPS) is 20.8. The highest BCUT2D eigenvalue weighted by Gasteiger charge is 2.32. The number of aryl methyl sites for hydroxylation is 1. The maximum atomic E-state index is 12.0. The lowest BCUT2D eigenvalue weighted by atomic mass is 10.1. The van der Waals surface area contributed by atoms with Gasteiger partial charge in [-0.25, -0.2) is 8.42 Å². The van der Waals surface area contributed by atoms with Crippen LogP contribution in [0.2, 0.25) is 0 Å². The minimum atomic E-state index is -3.01. The van der Waals surface area contributed by atoms with Gasteiger partial charge < -0.3 is 5.32 Å². The van der Waals surface area contributed by atoms with Crippen molar-refractivity contribution in [2.75, 3.05) is 16.8 Å². The van der Waals surface area contributed by atoms with Crippen molar-refractivity contribution in [2.24, 2.45) is 5.92 Å². The number of unbranched alkanes of at least 4 members (excludes halogenated alkanes) is 1. The molecule has 0 bridgehead atoms. The smallest absolute Gasteiger partial charge is 0.228 e. The van der Waals surface area contributed by atoms with E-state index in [9.17, 15) is 13.2 Å². The highest BCUT2D eigenvalue weighted by Crippen LogP contribution is 2.20. The molecule has 1 fully saturated rings. The maximum Gasteiger partial charge on any atom is 0.228 e. The van der Waals surface area contributed by atoms with E-state index >= 15 is 0 Å². The number of sulfone groups is 1. The Labute approximate surface area is 120 Å². The van der Waals surface area contributed by atoms with E-state index in [0.29, 0.717) is 6.42 Å². The van der Waals surface area contributed by atoms with Crippen LogP contribution in [0.5, 0.6) is 0 Å². The average molecular weight is 295 g/mol. The molecule has 0 spiro atoms. The van der Waals surface area contributed by atoms with Crippen LogP contribution >= 0.6 is 0 Å². The van der Waals surface area contributed by atoms with Crippen LogP contribution < -0.4 is 5.32 Å². The molecule has 1 unspecified atom stereocenters. The van der Waals surface area contributed by atoms with Crippen molar-refractivity contribution in [1.29, 1.82) is 0 Å². The Bertz CT molecular complexity index is 563. The predicted octanol–water partition coefficient (Wildman–Crippen LogP) is 2.40. The third-order valence-corrected chi connectivity index (χ3v) is 5.41. The van der Waals surface area contributed by atoms with Crippen LogP contribution in [0.1, 0.15) is 31.7 Å². The Morgan fingerprint density at radius 1 is 1.30 bits per heavy atom. The van der Waals surface area contributed by atoms with Gasteiger partial charge in [-0.3, -0.25) is 4.79 Å². The van der Waals surface area contributed by atoms with Gasteiger partial charge in [-0.1, -0.05) is 25.5 Å². The lowest BCUT2D eigenvalue weighted by Crippen LogP contribution is -2.23. The zero-order valence-corrected chi connectivity index (χ0v) is 12.6. The molecule has 0 saturated carbocycles. The number of hydrogen-bond acceptors (Lipinski definition) is 3. The molecule has 1 saturated heterocycles. The molecule has 1 aliphatic rings. The van der Waals surface area contributed by atoms with Gasteiger partial charge >= 0.3 is 0 Å². The summed E-state index contributed by atoms with van der Waals surface area (Å²) in [7, 11) is -3.01. The number of hydrogen-bond donors (Lipinski definition) is 1. The van der Waals surface area contributed by atoms with Gasteiger partial charge in [0.2, 0.25) is 5.91 Å². The number of amides is 1. The van der Waals surface area contributed by atoms with E-state index in [-0.39, 0.29) is 17.4 Å². The molecule has 0 aromatic heterocycles. The van der Waals surface area contributed by atoms with E-state index in [2.05, 4.69) is 12.2 Å². The molecule has 110 valence electrons. The molecule has 1 amide bonds. The van der Waals surface area contributed by atoms with E-state index in [0.717, 1.165) is 24.9 Å². The average Bonchev–Trinajstić information content (AvgIpc) is 2.78. The first-order valence-electron chi connectivity index (χ1n) is 7.10. The summed E-state index contributed by atoms with van der Waals surface area (Å²) < 4.78 is 22.7. The lowest BCUT2D eigenvalue weighted by molar-refractivity contribution is -0.119. The fraction of sp³-hybridized carbons (Fsp3) is 0.533. The second-order valence-corrected chi connectivity index (χ2v) is 7.62. The molecule has 5 heteroatoms. The van der Waals surface area contributed by atoms with Gasteiger partial charge in [-0.05, 0) is 37.0 Å². The molecule has 1 heterocycles. The summed E-state index contributed by atoms with van der Waals surface area (Å²) >= 11 is 0. The second kappa shape index (κ2) is 6.39. The Morgan fingerprint density at radius 3 is 2.55 bits per heavy atom. The molecule has 2 rings (SSSR count). The molecule has 4 nitrogen and oxygen atoms in total. The monoisotopic (exact) mass is 295 g/mol. The Morgan fingerprint density at radius 2 is 2.00 bits per heavy atom. The van der Waals surface area contributed by atoms with Crippen LogP contribution in [-0.4, -0.2) is 25.8 Å². The van der Waals surface area contributed by atoms with Crippen molar-refractivity contribution in [2.45, 2.75) is 32.6 Å². The number of anilines is 1. The standard InChI is InChI=1S/C15H21NO3S/c1-2-3-4-12-5-7-14(8-6-12)16-15(17)13-9-10-20(18,19)11-13/h5-8,13H,2-4,9-11H2,1H3,(H,16,17). The van der Waals surface area contributed by atoms with E-state index in [1.807, 2.05) is 24.3 Å². The van der Waals surface area contributed by atoms with E-state index in [1.54, 1.807) is 0 Å². The Hall–Kier alpha value is -1.36. The quantitative estimate of drug-likeness (QED) is 0.907. The highest BCUT2D eigenvalue weighted by atomic mass is 32.2. The predicted molar refractivity (Wildman–Crippen MR) is 80.4 cm³/mol. The number of rotatable bonds is 5. The first kappa shape index (κ1) is 15.0. The molecule has 1 N–H and O–H groups in total. The number of benzene rings is 1. The summed E-state index contributed by atoms with van der Waals surface area (Å²) in [5.41, 5.74) is 1.99. The summed E-state index contributed by atoms with van der Waals surface area (Å²) in [6.07, 6.45) is 3.80. The molecule has 0 radical (unpaired) electrons. The lowest BCUT2D eigenvalue weighted by Gasteiger charge is -2.10. The minimum absolute atomic E-state index is 0.0204. The van der Waals surface area contributed by atoms with Gasteiger partial charge in [0.25, 0.3) is 0 Å². The SMILES string of the molecule is CCCCc1ccc(NC(=O)C2CCS(=O)(=O)C2)cc1. The van der Waals surface area contributed by atoms with Gasteiger partial charge in [0.1, 0.15) is 0 Å². The topological polar surface area (TPSA) is 63.2 Å². The fourth-order valence-electron chi connectivity index (χ4n) is 2.38. The first-order valence-corrected chi connectivity index (χ1v) is 8.92. The van der Waals surface area contributed by atoms with Crippen LogP contribution in [0, 0.1) is 5.92 Å². The summed E-state index contributed by atoms with van der Waals surface area (Å²) in [6.45, 7) is 2.16. The molecular weight excluding hydrogens is 274 g/mol. The van der Waals surface area contributed by atoms with Gasteiger partial charge in [0, 0.05) is 5.69 Å². The number of carbonyl (C=O) groups is 1. The fourth-order valence-corrected chi connectivity index (χ4v) is 4.12. The summed E-state index contributed by atoms with van der Waals surface area (Å²) in [6, 6.07) is 7.78. The van der Waals surface area contributed by atoms with Crippen molar-refractivity contribution in [3.63, 3.8) is 0 Å². The molecule has 1 atom stereocenters. The molecule has 1 aromatic carbocycles. The van der Waals surface area contributed by atoms with Crippen LogP contribution in [-0.2, 0) is 21.1 Å². The third-order valence-electron chi connectivity index (χ3n) is 3.64. The van der Waals surface area contributed by atoms with Crippen molar-refractivity contribution in [1.82, 2.24) is 0 Å². The molecule has 1 aliphatic heterocycles. The van der Waals surface area contributed by atoms with Crippen molar-refractivity contribution >= 4 is 21.4 Å². The van der Waals surface area contributed by atoms with Gasteiger partial charge in [0.05, 0.1) is 17.4 Å². The number of nitrogens with one attached hydrogen (secondary N) is 1. The summed E-state index contributed by atoms with van der Waals surface area (Å²) in [5, 5.41) is 2.80. The largest absolute Gasteiger partial charge is 0.326 e. The second-order valence-electron chi connectivity index (χ2n) is 5.39. The van der Waals surface area contributed by atoms with E-state index < -0.39 is 15.8 Å². The highest BCUT2D eigenvalue weighted by molar-refractivity contribution is 7.91. The van der Waals surface area contributed by atoms with Gasteiger partial charge in [-0.15, -0.1) is 0 Å². The van der Waals surface area contributed by atoms with Crippen molar-refractivity contribution < 1.29 is 13.2 Å². The van der Waals surface area contributed by atoms with Crippen molar-refractivity contribution in [3.05, 3.63) is 29.8 Å². The molecule has 0 aliphatic carbocycles. The van der Waals surface area contributed by atoms with E-state index in [1.165, 1.54) is 5.56 Å². The van der Waals surface area contributed by atoms with Gasteiger partial charge in [0.15, 0.2) is 9.84 Å². The minimum Gasteiger partial charge on any atom is -0.326 e. The Kier molecular flexibility index (Phi) is 4.81. The molecular formula is C15H21NO3S. The zero-order valence-electron chi connectivity index (χ0n) is 11.8. The summed E-state index contributed by atoms with van der Waals surface area (Å²) in [4.78, 5) is 12.0. The molecule has 20 heavy (non-hydrogen) atoms. The third kappa shape index (κ3) is 4.07. The summed E-state index contributed by atoms with van der Waals surface area (Å²) in [5.74, 6) is -0.485.